The zero-order valence-electron chi connectivity index (χ0n) is 5.32. The van der Waals surface area contributed by atoms with Crippen LogP contribution in [0.3, 0.4) is 0 Å². The molecule has 4 heteroatoms. The smallest absolute Gasteiger partial charge is 0.149 e. The standard InChI is InChI=1S/C6H8N2S2/c7-5-9-8-6-10-3-1-2-4-10/h1-4,8,10H,6H2. The summed E-state index contributed by atoms with van der Waals surface area (Å²) >= 11 is 1.10. The van der Waals surface area contributed by atoms with Crippen LogP contribution in [-0.2, 0) is 0 Å². The Morgan fingerprint density at radius 3 is 2.80 bits per heavy atom. The van der Waals surface area contributed by atoms with E-state index in [1.54, 1.807) is 0 Å². The molecule has 54 valence electrons. The van der Waals surface area contributed by atoms with Gasteiger partial charge in [-0.05, 0) is 10.8 Å². The van der Waals surface area contributed by atoms with Crippen molar-refractivity contribution in [3.05, 3.63) is 23.0 Å². The Labute approximate surface area is 67.5 Å². The summed E-state index contributed by atoms with van der Waals surface area (Å²) in [6.45, 7) is 0. The molecule has 1 aliphatic heterocycles. The molecule has 1 N–H and O–H groups in total. The van der Waals surface area contributed by atoms with Gasteiger partial charge in [-0.3, -0.25) is 0 Å². The predicted molar refractivity (Wildman–Crippen MR) is 48.5 cm³/mol. The lowest BCUT2D eigenvalue weighted by Gasteiger charge is -2.06. The summed E-state index contributed by atoms with van der Waals surface area (Å²) in [6, 6.07) is 0. The monoisotopic (exact) mass is 172 g/mol. The third-order valence-corrected chi connectivity index (χ3v) is 3.26. The zero-order valence-corrected chi connectivity index (χ0v) is 7.03. The first kappa shape index (κ1) is 7.73. The van der Waals surface area contributed by atoms with Gasteiger partial charge in [0.1, 0.15) is 5.40 Å². The molecule has 0 aliphatic carbocycles. The molecule has 1 rings (SSSR count). The van der Waals surface area contributed by atoms with Crippen LogP contribution in [0.15, 0.2) is 23.0 Å². The van der Waals surface area contributed by atoms with Crippen molar-refractivity contribution in [1.82, 2.24) is 4.72 Å². The SMILES string of the molecule is N#CSNC[SH]1C=CC=C1. The molecule has 0 aromatic heterocycles. The van der Waals surface area contributed by atoms with E-state index in [1.165, 1.54) is 0 Å². The molecule has 0 spiro atoms. The summed E-state index contributed by atoms with van der Waals surface area (Å²) < 4.78 is 2.96. The van der Waals surface area contributed by atoms with Gasteiger partial charge in [0.15, 0.2) is 0 Å². The Morgan fingerprint density at radius 2 is 2.20 bits per heavy atom. The number of hydrogen-bond donors (Lipinski definition) is 2. The molecule has 2 nitrogen and oxygen atoms in total. The van der Waals surface area contributed by atoms with E-state index in [0.29, 0.717) is 0 Å². The Morgan fingerprint density at radius 1 is 1.50 bits per heavy atom. The van der Waals surface area contributed by atoms with Crippen LogP contribution in [0.25, 0.3) is 0 Å². The zero-order chi connectivity index (χ0) is 7.23. The maximum Gasteiger partial charge on any atom is 0.149 e. The van der Waals surface area contributed by atoms with Gasteiger partial charge in [-0.25, -0.2) is 4.72 Å². The van der Waals surface area contributed by atoms with Gasteiger partial charge in [0.2, 0.25) is 0 Å². The topological polar surface area (TPSA) is 35.8 Å². The van der Waals surface area contributed by atoms with Crippen LogP contribution < -0.4 is 4.72 Å². The van der Waals surface area contributed by atoms with Gasteiger partial charge in [-0.1, -0.05) is 12.2 Å². The number of allylic oxidation sites excluding steroid dienone is 2. The van der Waals surface area contributed by atoms with Crippen molar-refractivity contribution in [1.29, 1.82) is 5.26 Å². The molecule has 1 heterocycles. The van der Waals surface area contributed by atoms with Gasteiger partial charge in [-0.2, -0.15) is 16.2 Å². The maximum absolute atomic E-state index is 8.16. The molecule has 0 bridgehead atoms. The molecule has 0 unspecified atom stereocenters. The number of thiocyanates is 1. The molecule has 0 aromatic rings. The number of nitrogens with zero attached hydrogens (tertiary/aromatic N) is 1. The largest absolute Gasteiger partial charge is 0.242 e. The normalized spacial score (nSPS) is 17.7. The van der Waals surface area contributed by atoms with Gasteiger partial charge >= 0.3 is 0 Å². The first-order valence-corrected chi connectivity index (χ1v) is 5.30. The first-order chi connectivity index (χ1) is 4.93. The second-order valence-corrected chi connectivity index (χ2v) is 4.31. The van der Waals surface area contributed by atoms with Crippen LogP contribution in [-0.4, -0.2) is 5.88 Å². The number of hydrogen-bond acceptors (Lipinski definition) is 3. The van der Waals surface area contributed by atoms with Crippen molar-refractivity contribution in [2.24, 2.45) is 0 Å². The lowest BCUT2D eigenvalue weighted by atomic mass is 10.6. The average Bonchev–Trinajstić information content (AvgIpc) is 2.41. The number of thiol groups is 1. The summed E-state index contributed by atoms with van der Waals surface area (Å²) in [7, 11) is -0.101. The van der Waals surface area contributed by atoms with Crippen molar-refractivity contribution in [2.75, 3.05) is 5.88 Å². The molecule has 0 saturated carbocycles. The van der Waals surface area contributed by atoms with Gasteiger partial charge in [0.05, 0.1) is 0 Å². The molecule has 0 saturated heterocycles. The summed E-state index contributed by atoms with van der Waals surface area (Å²) in [5.74, 6) is 0.903. The molecule has 0 aromatic carbocycles. The molecule has 0 radical (unpaired) electrons. The lowest BCUT2D eigenvalue weighted by molar-refractivity contribution is 1.25. The highest BCUT2D eigenvalue weighted by molar-refractivity contribution is 8.22. The fraction of sp³-hybridized carbons (Fsp3) is 0.167. The summed E-state index contributed by atoms with van der Waals surface area (Å²) in [5.41, 5.74) is 0. The lowest BCUT2D eigenvalue weighted by Crippen LogP contribution is -2.01. The van der Waals surface area contributed by atoms with E-state index in [1.807, 2.05) is 17.6 Å². The third kappa shape index (κ3) is 2.48. The van der Waals surface area contributed by atoms with Crippen molar-refractivity contribution in [3.63, 3.8) is 0 Å². The van der Waals surface area contributed by atoms with E-state index in [2.05, 4.69) is 15.5 Å². The van der Waals surface area contributed by atoms with Crippen LogP contribution in [0.4, 0.5) is 0 Å². The second kappa shape index (κ2) is 4.45. The van der Waals surface area contributed by atoms with E-state index in [4.69, 9.17) is 5.26 Å². The molecule has 0 fully saturated rings. The Kier molecular flexibility index (Phi) is 3.44. The number of nitrogens with one attached hydrogen (secondary N) is 1. The second-order valence-electron chi connectivity index (χ2n) is 1.69. The van der Waals surface area contributed by atoms with Gasteiger partial charge < -0.3 is 0 Å². The Balaban J connectivity index is 2.10. The fourth-order valence-corrected chi connectivity index (χ4v) is 2.48. The predicted octanol–water partition coefficient (Wildman–Crippen LogP) is 1.70. The van der Waals surface area contributed by atoms with E-state index in [9.17, 15) is 0 Å². The third-order valence-electron chi connectivity index (χ3n) is 1.03. The molecule has 10 heavy (non-hydrogen) atoms. The van der Waals surface area contributed by atoms with E-state index in [-0.39, 0.29) is 10.9 Å². The minimum Gasteiger partial charge on any atom is -0.242 e. The minimum atomic E-state index is -0.101. The van der Waals surface area contributed by atoms with Crippen molar-refractivity contribution >= 4 is 22.8 Å². The molecular weight excluding hydrogens is 164 g/mol. The summed E-state index contributed by atoms with van der Waals surface area (Å²) in [4.78, 5) is 0. The van der Waals surface area contributed by atoms with Gasteiger partial charge in [-0.15, -0.1) is 0 Å². The number of nitriles is 1. The number of rotatable bonds is 3. The van der Waals surface area contributed by atoms with Crippen LogP contribution in [0.1, 0.15) is 0 Å². The average molecular weight is 172 g/mol. The Hall–Kier alpha value is -0.370. The van der Waals surface area contributed by atoms with Gasteiger partial charge in [0.25, 0.3) is 0 Å². The van der Waals surface area contributed by atoms with E-state index < -0.39 is 0 Å². The first-order valence-electron chi connectivity index (χ1n) is 2.82. The quantitative estimate of drug-likeness (QED) is 0.294. The van der Waals surface area contributed by atoms with Crippen molar-refractivity contribution in [3.8, 4) is 5.40 Å². The van der Waals surface area contributed by atoms with Crippen molar-refractivity contribution < 1.29 is 0 Å². The minimum absolute atomic E-state index is 0.101. The highest BCUT2D eigenvalue weighted by Crippen LogP contribution is 2.31. The van der Waals surface area contributed by atoms with Crippen LogP contribution >= 0.6 is 22.8 Å². The van der Waals surface area contributed by atoms with Crippen LogP contribution in [0, 0.1) is 10.7 Å². The molecule has 0 amide bonds. The van der Waals surface area contributed by atoms with Crippen LogP contribution in [0.5, 0.6) is 0 Å². The van der Waals surface area contributed by atoms with E-state index in [0.717, 1.165) is 17.8 Å². The highest BCUT2D eigenvalue weighted by atomic mass is 32.2. The van der Waals surface area contributed by atoms with Crippen molar-refractivity contribution in [2.45, 2.75) is 0 Å². The maximum atomic E-state index is 8.16. The van der Waals surface area contributed by atoms with Crippen LogP contribution in [0.2, 0.25) is 0 Å². The highest BCUT2D eigenvalue weighted by Gasteiger charge is 1.96. The summed E-state index contributed by atoms with van der Waals surface area (Å²) in [5, 5.41) is 14.5. The molecule has 0 atom stereocenters. The molecule has 1 aliphatic rings. The molecular formula is C6H8N2S2. The fourth-order valence-electron chi connectivity index (χ4n) is 0.615. The summed E-state index contributed by atoms with van der Waals surface area (Å²) in [6.07, 6.45) is 4.09. The van der Waals surface area contributed by atoms with Gasteiger partial charge in [0, 0.05) is 17.8 Å². The van der Waals surface area contributed by atoms with E-state index >= 15 is 0 Å². The Bertz CT molecular complexity index is 180.